The number of ether oxygens (including phenoxy) is 2. The lowest BCUT2D eigenvalue weighted by Gasteiger charge is -2.37. The summed E-state index contributed by atoms with van der Waals surface area (Å²) >= 11 is 0. The molecule has 6 unspecified atom stereocenters. The van der Waals surface area contributed by atoms with Crippen molar-refractivity contribution < 1.29 is 37.8 Å². The molecule has 17 nitrogen and oxygen atoms in total. The molecule has 2 N–H and O–H groups in total. The summed E-state index contributed by atoms with van der Waals surface area (Å²) in [6.07, 6.45) is 19.9. The molecule has 0 saturated carbocycles. The Morgan fingerprint density at radius 3 is 2.44 bits per heavy atom. The molecule has 3 aromatic carbocycles. The van der Waals surface area contributed by atoms with E-state index in [-0.39, 0.29) is 41.8 Å². The average Bonchev–Trinajstić information content (AvgIpc) is 4.29. The van der Waals surface area contributed by atoms with Crippen LogP contribution < -0.4 is 30.5 Å². The van der Waals surface area contributed by atoms with Gasteiger partial charge in [-0.05, 0) is 132 Å². The molecule has 7 aliphatic heterocycles. The maximum Gasteiger partial charge on any atom is 0.319 e. The summed E-state index contributed by atoms with van der Waals surface area (Å²) in [7, 11) is 6.58. The Morgan fingerprint density at radius 1 is 0.975 bits per heavy atom. The number of pyridine rings is 1. The Hall–Kier alpha value is -6.90. The first-order chi connectivity index (χ1) is 39.2. The van der Waals surface area contributed by atoms with Gasteiger partial charge in [-0.2, -0.15) is 9.97 Å². The zero-order valence-electron chi connectivity index (χ0n) is 46.3. The summed E-state index contributed by atoms with van der Waals surface area (Å²) in [5.74, 6) is 3.33. The van der Waals surface area contributed by atoms with E-state index in [1.54, 1.807) is 25.2 Å². The van der Waals surface area contributed by atoms with Crippen LogP contribution in [0.15, 0.2) is 66.9 Å². The number of carbonyl (C=O) groups is 5. The number of benzene rings is 3. The van der Waals surface area contributed by atoms with Gasteiger partial charge < -0.3 is 34.4 Å². The van der Waals surface area contributed by atoms with Crippen molar-refractivity contribution in [2.75, 3.05) is 82.9 Å². The maximum absolute atomic E-state index is 14.9. The van der Waals surface area contributed by atoms with Gasteiger partial charge >= 0.3 is 6.01 Å². The van der Waals surface area contributed by atoms with E-state index < -0.39 is 17.8 Å². The van der Waals surface area contributed by atoms with Crippen LogP contribution >= 0.6 is 9.24 Å². The fourth-order valence-electron chi connectivity index (χ4n) is 14.0. The first-order valence-electron chi connectivity index (χ1n) is 28.6. The quantitative estimate of drug-likeness (QED) is 0.0407. The number of rotatable bonds is 14. The lowest BCUT2D eigenvalue weighted by molar-refractivity contribution is -0.136. The number of halogens is 1. The number of carbonyl (C=O) groups excluding carboxylic acids is 5. The minimum atomic E-state index is -0.719. The largest absolute Gasteiger partial charge is 0.466 e. The monoisotopic (exact) mass is 1120 g/mol. The molecular weight excluding hydrogens is 1050 g/mol. The molecule has 0 spiro atoms. The molecule has 0 radical (unpaired) electrons. The van der Waals surface area contributed by atoms with E-state index in [1.165, 1.54) is 43.3 Å². The van der Waals surface area contributed by atoms with Crippen LogP contribution in [0.3, 0.4) is 0 Å². The molecule has 2 bridgehead atoms. The Balaban J connectivity index is 0.000000180. The summed E-state index contributed by atoms with van der Waals surface area (Å²) in [5.41, 5.74) is 4.73. The number of likely N-dealkylation sites (tertiary alicyclic amines) is 1. The number of piperazine rings is 1. The SMILES string of the molecule is C#Cc1c(F)ccc2cccc(-c3ncc4c(N5CC6CCC(C5)N6)nc(OCC56CCC(COC=O)N5CC(=C)C6)nc4c3P)c12.CN1CCC(CC2CCN(c3ccc(C=O)c(C(=O)N(C)C4CCC(=O)NC4=O)c3)CC2)CC1. The number of nitrogens with zero attached hydrogens (tertiary/aromatic N) is 8. The number of amides is 3. The molecule has 0 aliphatic carbocycles. The molecule has 9 heterocycles. The van der Waals surface area contributed by atoms with Crippen molar-refractivity contribution in [1.29, 1.82) is 0 Å². The van der Waals surface area contributed by atoms with Crippen molar-refractivity contribution in [3.8, 4) is 29.6 Å². The number of imide groups is 1. The highest BCUT2D eigenvalue weighted by Crippen LogP contribution is 2.45. The lowest BCUT2D eigenvalue weighted by atomic mass is 9.83. The van der Waals surface area contributed by atoms with E-state index in [1.807, 2.05) is 30.5 Å². The first kappa shape index (κ1) is 56.0. The minimum Gasteiger partial charge on any atom is -0.466 e. The summed E-state index contributed by atoms with van der Waals surface area (Å²) in [6, 6.07) is 14.8. The molecule has 2 aromatic heterocycles. The topological polar surface area (TPSA) is 183 Å². The Labute approximate surface area is 475 Å². The van der Waals surface area contributed by atoms with Crippen LogP contribution in [0.4, 0.5) is 15.9 Å². The van der Waals surface area contributed by atoms with Gasteiger partial charge in [0, 0.05) is 98.0 Å². The van der Waals surface area contributed by atoms with E-state index in [0.29, 0.717) is 71.8 Å². The molecule has 12 rings (SSSR count). The van der Waals surface area contributed by atoms with Crippen molar-refractivity contribution in [2.24, 2.45) is 11.8 Å². The van der Waals surface area contributed by atoms with Crippen molar-refractivity contribution in [3.63, 3.8) is 0 Å². The molecule has 7 saturated heterocycles. The van der Waals surface area contributed by atoms with Crippen LogP contribution in [0.5, 0.6) is 6.01 Å². The predicted molar refractivity (Wildman–Crippen MR) is 313 cm³/mol. The summed E-state index contributed by atoms with van der Waals surface area (Å²) in [5, 5.41) is 9.07. The number of nitrogens with one attached hydrogen (secondary N) is 2. The smallest absolute Gasteiger partial charge is 0.319 e. The van der Waals surface area contributed by atoms with Crippen molar-refractivity contribution in [1.82, 2.24) is 40.3 Å². The van der Waals surface area contributed by atoms with E-state index in [4.69, 9.17) is 30.8 Å². The Kier molecular flexibility index (Phi) is 16.5. The fraction of sp³-hybridized carbons (Fsp3) is 0.484. The van der Waals surface area contributed by atoms with Gasteiger partial charge in [0.1, 0.15) is 30.9 Å². The highest BCUT2D eigenvalue weighted by molar-refractivity contribution is 7.28. The van der Waals surface area contributed by atoms with Gasteiger partial charge in [0.15, 0.2) is 6.29 Å². The number of likely N-dealkylation sites (N-methyl/N-ethyl adjacent to an activating group) is 1. The molecular formula is C62H72FN10O7P. The highest BCUT2D eigenvalue weighted by atomic mass is 31.0. The van der Waals surface area contributed by atoms with Gasteiger partial charge in [-0.1, -0.05) is 42.3 Å². The summed E-state index contributed by atoms with van der Waals surface area (Å²) < 4.78 is 26.6. The summed E-state index contributed by atoms with van der Waals surface area (Å²) in [6.45, 7) is 12.2. The number of hydrogen-bond acceptors (Lipinski definition) is 15. The first-order valence-corrected chi connectivity index (χ1v) is 29.2. The lowest BCUT2D eigenvalue weighted by Crippen LogP contribution is -2.53. The third-order valence-corrected chi connectivity index (χ3v) is 18.9. The molecule has 81 heavy (non-hydrogen) atoms. The zero-order chi connectivity index (χ0) is 56.5. The Bertz CT molecular complexity index is 3310. The second kappa shape index (κ2) is 23.9. The molecule has 6 atom stereocenters. The van der Waals surface area contributed by atoms with Crippen LogP contribution in [-0.2, 0) is 19.1 Å². The molecule has 3 amide bonds. The number of piperidine rings is 3. The van der Waals surface area contributed by atoms with Gasteiger partial charge in [-0.25, -0.2) is 4.39 Å². The Morgan fingerprint density at radius 2 is 1.73 bits per heavy atom. The number of hydrogen-bond donors (Lipinski definition) is 2. The predicted octanol–water partition coefficient (Wildman–Crippen LogP) is 6.45. The third-order valence-electron chi connectivity index (χ3n) is 18.3. The number of aromatic nitrogens is 3. The zero-order valence-corrected chi connectivity index (χ0v) is 47.5. The van der Waals surface area contributed by atoms with Crippen molar-refractivity contribution in [3.05, 3.63) is 89.4 Å². The van der Waals surface area contributed by atoms with Crippen LogP contribution in [-0.4, -0.2) is 163 Å². The molecule has 424 valence electrons. The maximum atomic E-state index is 14.9. The molecule has 7 fully saturated rings. The fourth-order valence-corrected chi connectivity index (χ4v) is 14.4. The van der Waals surface area contributed by atoms with Crippen molar-refractivity contribution in [2.45, 2.75) is 107 Å². The van der Waals surface area contributed by atoms with E-state index >= 15 is 0 Å². The number of fused-ring (bicyclic) bond motifs is 5. The second-order valence-electron chi connectivity index (χ2n) is 23.5. The van der Waals surface area contributed by atoms with Gasteiger partial charge in [0.2, 0.25) is 11.8 Å². The molecule has 5 aromatic rings. The average molecular weight is 1120 g/mol. The second-order valence-corrected chi connectivity index (χ2v) is 24.1. The third kappa shape index (κ3) is 11.5. The number of terminal acetylenes is 1. The van der Waals surface area contributed by atoms with Crippen LogP contribution in [0.2, 0.25) is 0 Å². The number of aldehydes is 1. The van der Waals surface area contributed by atoms with Crippen LogP contribution in [0.1, 0.15) is 103 Å². The van der Waals surface area contributed by atoms with E-state index in [0.717, 1.165) is 128 Å². The number of anilines is 2. The minimum absolute atomic E-state index is 0.123. The van der Waals surface area contributed by atoms with Crippen LogP contribution in [0.25, 0.3) is 32.9 Å². The molecule has 19 heteroatoms. The van der Waals surface area contributed by atoms with E-state index in [2.05, 4.69) is 59.0 Å². The standard InChI is InChI=1S/C36H36FN6O3P.C26H36N4O4/c1-3-26-29(37)10-7-22-5-4-6-27(30(22)26)31-33(47)32-28(14-38-31)34(42-16-23-8-9-24(17-42)39-23)41-35(40-32)46-19-36-12-11-25(18-45-20-44)43(36)15-21(2)13-36;1-28-11-7-18(8-12-28)15-19-9-13-30(14-10-19)21-4-3-20(17-31)22(16-21)26(34)29(2)23-5-6-24(32)27-25(23)33/h1,4-7,10,14,20,23-25,39H,2,8-9,11-13,15-19,47H2;3-4,16-19,23H,5-15H2,1-2H3,(H,27,32,33). The van der Waals surface area contributed by atoms with Gasteiger partial charge in [0.05, 0.1) is 33.3 Å². The van der Waals surface area contributed by atoms with Gasteiger partial charge in [0.25, 0.3) is 12.4 Å². The molecule has 7 aliphatic rings. The van der Waals surface area contributed by atoms with Gasteiger partial charge in [-0.15, -0.1) is 15.7 Å². The van der Waals surface area contributed by atoms with Gasteiger partial charge in [-0.3, -0.25) is 39.2 Å². The summed E-state index contributed by atoms with van der Waals surface area (Å²) in [4.78, 5) is 85.3. The van der Waals surface area contributed by atoms with E-state index in [9.17, 15) is 28.4 Å². The highest BCUT2D eigenvalue weighted by Gasteiger charge is 2.51. The van der Waals surface area contributed by atoms with Crippen LogP contribution in [0, 0.1) is 30.0 Å². The van der Waals surface area contributed by atoms with Crippen molar-refractivity contribution >= 4 is 78.2 Å². The normalized spacial score (nSPS) is 24.4.